The Bertz CT molecular complexity index is 679. The summed E-state index contributed by atoms with van der Waals surface area (Å²) in [6, 6.07) is 10.7. The van der Waals surface area contributed by atoms with Gasteiger partial charge in [-0.1, -0.05) is 27.5 Å². The molecule has 0 spiro atoms. The molecule has 0 fully saturated rings. The summed E-state index contributed by atoms with van der Waals surface area (Å²) in [5, 5.41) is 3.26. The smallest absolute Gasteiger partial charge is 0.259 e. The van der Waals surface area contributed by atoms with Crippen molar-refractivity contribution in [2.24, 2.45) is 0 Å². The van der Waals surface area contributed by atoms with E-state index in [2.05, 4.69) is 21.2 Å². The second-order valence-electron chi connectivity index (χ2n) is 4.14. The molecule has 0 atom stereocenters. The fraction of sp³-hybridized carbons (Fsp3) is 0.133. The number of carbonyl (C=O) groups excluding carboxylic acids is 1. The first-order valence-electron chi connectivity index (χ1n) is 6.03. The van der Waals surface area contributed by atoms with Crippen molar-refractivity contribution in [3.05, 3.63) is 51.5 Å². The molecule has 110 valence electrons. The van der Waals surface area contributed by atoms with E-state index < -0.39 is 0 Å². The predicted molar refractivity (Wildman–Crippen MR) is 91.9 cm³/mol. The Labute approximate surface area is 141 Å². The lowest BCUT2D eigenvalue weighted by Gasteiger charge is -2.11. The maximum absolute atomic E-state index is 12.4. The van der Waals surface area contributed by atoms with Crippen molar-refractivity contribution in [2.75, 3.05) is 18.7 Å². The van der Waals surface area contributed by atoms with Gasteiger partial charge in [0.1, 0.15) is 5.75 Å². The van der Waals surface area contributed by atoms with Crippen molar-refractivity contribution in [2.45, 2.75) is 4.90 Å². The molecule has 0 radical (unpaired) electrons. The first-order chi connectivity index (χ1) is 10.0. The highest BCUT2D eigenvalue weighted by Gasteiger charge is 2.14. The van der Waals surface area contributed by atoms with Gasteiger partial charge in [-0.05, 0) is 42.7 Å². The lowest BCUT2D eigenvalue weighted by Crippen LogP contribution is -2.13. The lowest BCUT2D eigenvalue weighted by atomic mass is 10.2. The van der Waals surface area contributed by atoms with Gasteiger partial charge in [-0.25, -0.2) is 0 Å². The Morgan fingerprint density at radius 1 is 1.29 bits per heavy atom. The van der Waals surface area contributed by atoms with E-state index in [0.717, 1.165) is 9.37 Å². The van der Waals surface area contributed by atoms with Gasteiger partial charge in [-0.3, -0.25) is 4.79 Å². The predicted octanol–water partition coefficient (Wildman–Crippen LogP) is 5.09. The van der Waals surface area contributed by atoms with Gasteiger partial charge in [-0.15, -0.1) is 11.8 Å². The molecule has 2 aromatic carbocycles. The largest absolute Gasteiger partial charge is 0.496 e. The molecule has 0 aliphatic heterocycles. The number of carbonyl (C=O) groups is 1. The molecule has 1 N–H and O–H groups in total. The third-order valence-corrected chi connectivity index (χ3v) is 4.36. The Balaban J connectivity index is 2.28. The average molecular weight is 387 g/mol. The van der Waals surface area contributed by atoms with Crippen LogP contribution in [0.25, 0.3) is 0 Å². The van der Waals surface area contributed by atoms with E-state index in [4.69, 9.17) is 16.3 Å². The van der Waals surface area contributed by atoms with Crippen LogP contribution >= 0.6 is 39.3 Å². The number of hydrogen-bond acceptors (Lipinski definition) is 3. The van der Waals surface area contributed by atoms with Gasteiger partial charge < -0.3 is 10.1 Å². The maximum Gasteiger partial charge on any atom is 0.259 e. The summed E-state index contributed by atoms with van der Waals surface area (Å²) in [7, 11) is 1.54. The lowest BCUT2D eigenvalue weighted by molar-refractivity contribution is 0.102. The monoisotopic (exact) mass is 385 g/mol. The number of ether oxygens (including phenoxy) is 1. The minimum atomic E-state index is -0.260. The molecule has 0 bridgehead atoms. The van der Waals surface area contributed by atoms with Crippen molar-refractivity contribution in [1.82, 2.24) is 0 Å². The average Bonchev–Trinajstić information content (AvgIpc) is 2.49. The summed E-state index contributed by atoms with van der Waals surface area (Å²) in [4.78, 5) is 13.4. The van der Waals surface area contributed by atoms with E-state index in [1.807, 2.05) is 24.5 Å². The molecule has 2 aromatic rings. The molecule has 6 heteroatoms. The van der Waals surface area contributed by atoms with Gasteiger partial charge >= 0.3 is 0 Å². The van der Waals surface area contributed by atoms with E-state index in [1.165, 1.54) is 0 Å². The van der Waals surface area contributed by atoms with E-state index in [1.54, 1.807) is 37.1 Å². The van der Waals surface area contributed by atoms with Crippen molar-refractivity contribution in [3.8, 4) is 5.75 Å². The van der Waals surface area contributed by atoms with Crippen LogP contribution in [0.3, 0.4) is 0 Å². The minimum absolute atomic E-state index is 0.260. The Morgan fingerprint density at radius 3 is 2.67 bits per heavy atom. The molecule has 1 amide bonds. The van der Waals surface area contributed by atoms with E-state index in [-0.39, 0.29) is 5.91 Å². The van der Waals surface area contributed by atoms with Gasteiger partial charge in [0.25, 0.3) is 5.91 Å². The van der Waals surface area contributed by atoms with Crippen LogP contribution in [0, 0.1) is 0 Å². The summed E-state index contributed by atoms with van der Waals surface area (Å²) in [6.45, 7) is 0. The fourth-order valence-corrected chi connectivity index (χ4v) is 2.92. The van der Waals surface area contributed by atoms with E-state index >= 15 is 0 Å². The van der Waals surface area contributed by atoms with Crippen molar-refractivity contribution in [3.63, 3.8) is 0 Å². The number of hydrogen-bond donors (Lipinski definition) is 1. The second kappa shape index (κ2) is 7.20. The molecule has 0 saturated carbocycles. The second-order valence-corrected chi connectivity index (χ2v) is 6.35. The molecule has 21 heavy (non-hydrogen) atoms. The van der Waals surface area contributed by atoms with E-state index in [9.17, 15) is 4.79 Å². The number of nitrogens with one attached hydrogen (secondary N) is 1. The quantitative estimate of drug-likeness (QED) is 0.744. The summed E-state index contributed by atoms with van der Waals surface area (Å²) in [5.41, 5.74) is 1.02. The van der Waals surface area contributed by atoms with Gasteiger partial charge in [0, 0.05) is 9.37 Å². The summed E-state index contributed by atoms with van der Waals surface area (Å²) in [5.74, 6) is 0.274. The molecule has 0 aliphatic rings. The van der Waals surface area contributed by atoms with Gasteiger partial charge in [-0.2, -0.15) is 0 Å². The number of anilines is 1. The number of rotatable bonds is 4. The highest BCUT2D eigenvalue weighted by atomic mass is 79.9. The standard InChI is InChI=1S/C15H13BrClNO2S/c1-20-14-8-10(21-2)4-5-11(14)15(19)18-13-6-3-9(16)7-12(13)17/h3-8H,1-2H3,(H,18,19). The maximum atomic E-state index is 12.4. The Morgan fingerprint density at radius 2 is 2.05 bits per heavy atom. The van der Waals surface area contributed by atoms with Crippen molar-refractivity contribution < 1.29 is 9.53 Å². The van der Waals surface area contributed by atoms with Crippen LogP contribution in [0.5, 0.6) is 5.75 Å². The van der Waals surface area contributed by atoms with Crippen LogP contribution in [0.2, 0.25) is 5.02 Å². The zero-order valence-corrected chi connectivity index (χ0v) is 14.6. The minimum Gasteiger partial charge on any atom is -0.496 e. The van der Waals surface area contributed by atoms with Crippen LogP contribution in [-0.4, -0.2) is 19.3 Å². The van der Waals surface area contributed by atoms with Crippen LogP contribution in [-0.2, 0) is 0 Å². The molecule has 0 saturated heterocycles. The number of halogens is 2. The SMILES string of the molecule is COc1cc(SC)ccc1C(=O)Nc1ccc(Br)cc1Cl. The molecule has 0 heterocycles. The number of thioether (sulfide) groups is 1. The summed E-state index contributed by atoms with van der Waals surface area (Å²) >= 11 is 11.0. The molecule has 0 unspecified atom stereocenters. The zero-order chi connectivity index (χ0) is 15.4. The molecular weight excluding hydrogens is 374 g/mol. The van der Waals surface area contributed by atoms with Gasteiger partial charge in [0.2, 0.25) is 0 Å². The summed E-state index contributed by atoms with van der Waals surface area (Å²) < 4.78 is 6.14. The molecule has 0 aliphatic carbocycles. The van der Waals surface area contributed by atoms with E-state index in [0.29, 0.717) is 22.0 Å². The molecule has 0 aromatic heterocycles. The third-order valence-electron chi connectivity index (χ3n) is 2.83. The number of benzene rings is 2. The van der Waals surface area contributed by atoms with Crippen LogP contribution in [0.15, 0.2) is 45.8 Å². The molecular formula is C15H13BrClNO2S. The summed E-state index contributed by atoms with van der Waals surface area (Å²) in [6.07, 6.45) is 1.97. The van der Waals surface area contributed by atoms with Crippen molar-refractivity contribution in [1.29, 1.82) is 0 Å². The topological polar surface area (TPSA) is 38.3 Å². The third kappa shape index (κ3) is 3.93. The first-order valence-corrected chi connectivity index (χ1v) is 8.43. The number of methoxy groups -OCH3 is 1. The van der Waals surface area contributed by atoms with Gasteiger partial charge in [0.05, 0.1) is 23.4 Å². The Kier molecular flexibility index (Phi) is 5.56. The van der Waals surface area contributed by atoms with Crippen molar-refractivity contribution >= 4 is 50.9 Å². The normalized spacial score (nSPS) is 10.3. The highest BCUT2D eigenvalue weighted by molar-refractivity contribution is 9.10. The zero-order valence-electron chi connectivity index (χ0n) is 11.4. The highest BCUT2D eigenvalue weighted by Crippen LogP contribution is 2.29. The van der Waals surface area contributed by atoms with Crippen LogP contribution < -0.4 is 10.1 Å². The number of amides is 1. The first kappa shape index (κ1) is 16.2. The van der Waals surface area contributed by atoms with Crippen LogP contribution in [0.1, 0.15) is 10.4 Å². The molecule has 3 nitrogen and oxygen atoms in total. The molecule has 2 rings (SSSR count). The fourth-order valence-electron chi connectivity index (χ4n) is 1.77. The van der Waals surface area contributed by atoms with Gasteiger partial charge in [0.15, 0.2) is 0 Å². The van der Waals surface area contributed by atoms with Crippen LogP contribution in [0.4, 0.5) is 5.69 Å². The Hall–Kier alpha value is -1.17.